The standard InChI is InChI=1S/C16H18N2O2/c1-11-12(2)18(9-5-3-4-8-17)15-7-6-13(16(19)20)10-14(11)15/h6-7,10H,3-5,9H2,1-2H3,(H,19,20). The molecule has 0 radical (unpaired) electrons. The normalized spacial score (nSPS) is 10.7. The molecule has 0 saturated heterocycles. The summed E-state index contributed by atoms with van der Waals surface area (Å²) in [6.07, 6.45) is 2.43. The second-order valence-corrected chi connectivity index (χ2v) is 5.01. The van der Waals surface area contributed by atoms with E-state index in [1.807, 2.05) is 13.0 Å². The number of fused-ring (bicyclic) bond motifs is 1. The van der Waals surface area contributed by atoms with Crippen molar-refractivity contribution in [2.45, 2.75) is 39.7 Å². The molecule has 4 nitrogen and oxygen atoms in total. The van der Waals surface area contributed by atoms with E-state index in [0.717, 1.165) is 35.9 Å². The Hall–Kier alpha value is -2.28. The number of carbonyl (C=O) groups is 1. The van der Waals surface area contributed by atoms with Crippen LogP contribution < -0.4 is 0 Å². The molecule has 4 heteroatoms. The first kappa shape index (κ1) is 14.1. The van der Waals surface area contributed by atoms with E-state index in [0.29, 0.717) is 12.0 Å². The highest BCUT2D eigenvalue weighted by molar-refractivity contribution is 5.95. The molecule has 1 N–H and O–H groups in total. The Kier molecular flexibility index (Phi) is 4.09. The Bertz CT molecular complexity index is 693. The van der Waals surface area contributed by atoms with E-state index in [2.05, 4.69) is 17.6 Å². The predicted molar refractivity (Wildman–Crippen MR) is 77.8 cm³/mol. The van der Waals surface area contributed by atoms with Crippen LogP contribution in [0.1, 0.15) is 40.9 Å². The lowest BCUT2D eigenvalue weighted by Gasteiger charge is -2.07. The number of nitrogens with zero attached hydrogens (tertiary/aromatic N) is 2. The minimum Gasteiger partial charge on any atom is -0.478 e. The highest BCUT2D eigenvalue weighted by Crippen LogP contribution is 2.26. The van der Waals surface area contributed by atoms with E-state index < -0.39 is 5.97 Å². The van der Waals surface area contributed by atoms with Gasteiger partial charge in [-0.2, -0.15) is 5.26 Å². The molecular formula is C16H18N2O2. The average molecular weight is 270 g/mol. The molecule has 1 aromatic carbocycles. The van der Waals surface area contributed by atoms with E-state index in [-0.39, 0.29) is 0 Å². The van der Waals surface area contributed by atoms with Gasteiger partial charge in [-0.15, -0.1) is 0 Å². The fourth-order valence-corrected chi connectivity index (χ4v) is 2.54. The van der Waals surface area contributed by atoms with Gasteiger partial charge in [-0.05, 0) is 50.5 Å². The third-order valence-electron chi connectivity index (χ3n) is 3.81. The minimum atomic E-state index is -0.897. The first-order chi connectivity index (χ1) is 9.56. The van der Waals surface area contributed by atoms with Crippen LogP contribution in [0.25, 0.3) is 10.9 Å². The number of nitriles is 1. The van der Waals surface area contributed by atoms with Crippen LogP contribution in [0.5, 0.6) is 0 Å². The van der Waals surface area contributed by atoms with Gasteiger partial charge in [-0.1, -0.05) is 0 Å². The van der Waals surface area contributed by atoms with Crippen molar-refractivity contribution in [3.8, 4) is 6.07 Å². The van der Waals surface area contributed by atoms with Crippen molar-refractivity contribution in [1.29, 1.82) is 5.26 Å². The minimum absolute atomic E-state index is 0.322. The first-order valence-corrected chi connectivity index (χ1v) is 6.76. The summed E-state index contributed by atoms with van der Waals surface area (Å²) in [6, 6.07) is 7.42. The van der Waals surface area contributed by atoms with Gasteiger partial charge in [0.05, 0.1) is 11.6 Å². The van der Waals surface area contributed by atoms with Crippen molar-refractivity contribution >= 4 is 16.9 Å². The Morgan fingerprint density at radius 2 is 2.10 bits per heavy atom. The Labute approximate surface area is 118 Å². The molecule has 0 aliphatic heterocycles. The van der Waals surface area contributed by atoms with E-state index in [1.165, 1.54) is 5.69 Å². The molecule has 0 bridgehead atoms. The van der Waals surface area contributed by atoms with Crippen molar-refractivity contribution in [2.75, 3.05) is 0 Å². The summed E-state index contributed by atoms with van der Waals surface area (Å²) in [5, 5.41) is 18.6. The number of aromatic nitrogens is 1. The Morgan fingerprint density at radius 3 is 2.75 bits per heavy atom. The second-order valence-electron chi connectivity index (χ2n) is 5.01. The van der Waals surface area contributed by atoms with Crippen LogP contribution in [0.2, 0.25) is 0 Å². The number of carboxylic acids is 1. The van der Waals surface area contributed by atoms with Gasteiger partial charge in [0, 0.05) is 29.6 Å². The zero-order chi connectivity index (χ0) is 14.7. The number of unbranched alkanes of at least 4 members (excludes halogenated alkanes) is 2. The molecule has 104 valence electrons. The van der Waals surface area contributed by atoms with E-state index >= 15 is 0 Å². The van der Waals surface area contributed by atoms with Crippen LogP contribution in [0.15, 0.2) is 18.2 Å². The SMILES string of the molecule is Cc1c(C)n(CCCCC#N)c2ccc(C(=O)O)cc12. The van der Waals surface area contributed by atoms with Gasteiger partial charge in [0.15, 0.2) is 0 Å². The van der Waals surface area contributed by atoms with E-state index in [9.17, 15) is 4.79 Å². The lowest BCUT2D eigenvalue weighted by molar-refractivity contribution is 0.0697. The zero-order valence-electron chi connectivity index (χ0n) is 11.8. The van der Waals surface area contributed by atoms with Crippen molar-refractivity contribution in [2.24, 2.45) is 0 Å². The van der Waals surface area contributed by atoms with Gasteiger partial charge < -0.3 is 9.67 Å². The number of hydrogen-bond donors (Lipinski definition) is 1. The maximum atomic E-state index is 11.1. The molecule has 0 atom stereocenters. The van der Waals surface area contributed by atoms with Gasteiger partial charge in [-0.25, -0.2) is 4.79 Å². The van der Waals surface area contributed by atoms with Gasteiger partial charge in [0.1, 0.15) is 0 Å². The molecule has 2 rings (SSSR count). The van der Waals surface area contributed by atoms with Crippen molar-refractivity contribution in [3.05, 3.63) is 35.0 Å². The van der Waals surface area contributed by atoms with Gasteiger partial charge >= 0.3 is 5.97 Å². The summed E-state index contributed by atoms with van der Waals surface area (Å²) in [5.74, 6) is -0.897. The molecular weight excluding hydrogens is 252 g/mol. The highest BCUT2D eigenvalue weighted by Gasteiger charge is 2.13. The van der Waals surface area contributed by atoms with Crippen LogP contribution >= 0.6 is 0 Å². The molecule has 2 aromatic rings. The number of aromatic carboxylic acids is 1. The van der Waals surface area contributed by atoms with Crippen LogP contribution in [-0.2, 0) is 6.54 Å². The van der Waals surface area contributed by atoms with Gasteiger partial charge in [0.25, 0.3) is 0 Å². The Balaban J connectivity index is 2.38. The molecule has 20 heavy (non-hydrogen) atoms. The predicted octanol–water partition coefficient (Wildman–Crippen LogP) is 3.65. The summed E-state index contributed by atoms with van der Waals surface area (Å²) in [4.78, 5) is 11.1. The molecule has 0 unspecified atom stereocenters. The smallest absolute Gasteiger partial charge is 0.335 e. The number of benzene rings is 1. The van der Waals surface area contributed by atoms with Crippen LogP contribution in [-0.4, -0.2) is 15.6 Å². The van der Waals surface area contributed by atoms with Crippen LogP contribution in [0.3, 0.4) is 0 Å². The molecule has 0 spiro atoms. The first-order valence-electron chi connectivity index (χ1n) is 6.76. The third kappa shape index (κ3) is 2.53. The van der Waals surface area contributed by atoms with Gasteiger partial charge in [0.2, 0.25) is 0 Å². The van der Waals surface area contributed by atoms with Crippen molar-refractivity contribution < 1.29 is 9.90 Å². The highest BCUT2D eigenvalue weighted by atomic mass is 16.4. The van der Waals surface area contributed by atoms with Gasteiger partial charge in [-0.3, -0.25) is 0 Å². The third-order valence-corrected chi connectivity index (χ3v) is 3.81. The van der Waals surface area contributed by atoms with Crippen molar-refractivity contribution in [1.82, 2.24) is 4.57 Å². The summed E-state index contributed by atoms with van der Waals surface area (Å²) in [5.41, 5.74) is 3.69. The Morgan fingerprint density at radius 1 is 1.35 bits per heavy atom. The molecule has 1 aromatic heterocycles. The van der Waals surface area contributed by atoms with E-state index in [4.69, 9.17) is 10.4 Å². The topological polar surface area (TPSA) is 66.0 Å². The monoisotopic (exact) mass is 270 g/mol. The molecule has 0 fully saturated rings. The summed E-state index contributed by atoms with van der Waals surface area (Å²) in [6.45, 7) is 4.94. The largest absolute Gasteiger partial charge is 0.478 e. The van der Waals surface area contributed by atoms with Crippen molar-refractivity contribution in [3.63, 3.8) is 0 Å². The van der Waals surface area contributed by atoms with Crippen LogP contribution in [0.4, 0.5) is 0 Å². The fraction of sp³-hybridized carbons (Fsp3) is 0.375. The maximum Gasteiger partial charge on any atom is 0.335 e. The summed E-state index contributed by atoms with van der Waals surface area (Å²) < 4.78 is 2.22. The number of hydrogen-bond acceptors (Lipinski definition) is 2. The second kappa shape index (κ2) is 5.79. The summed E-state index contributed by atoms with van der Waals surface area (Å²) >= 11 is 0. The van der Waals surface area contributed by atoms with E-state index in [1.54, 1.807) is 12.1 Å². The number of carboxylic acid groups (broad SMARTS) is 1. The maximum absolute atomic E-state index is 11.1. The lowest BCUT2D eigenvalue weighted by atomic mass is 10.1. The fourth-order valence-electron chi connectivity index (χ4n) is 2.54. The van der Waals surface area contributed by atoms with Crippen LogP contribution in [0, 0.1) is 25.2 Å². The molecule has 0 aliphatic carbocycles. The average Bonchev–Trinajstić information content (AvgIpc) is 2.67. The zero-order valence-corrected chi connectivity index (χ0v) is 11.8. The molecule has 0 saturated carbocycles. The number of aryl methyl sites for hydroxylation is 2. The molecule has 0 aliphatic rings. The summed E-state index contributed by atoms with van der Waals surface area (Å²) in [7, 11) is 0. The lowest BCUT2D eigenvalue weighted by Crippen LogP contribution is -2.01. The quantitative estimate of drug-likeness (QED) is 0.843. The number of rotatable bonds is 5. The molecule has 0 amide bonds. The molecule has 1 heterocycles.